The van der Waals surface area contributed by atoms with Gasteiger partial charge in [0.05, 0.1) is 12.0 Å². The van der Waals surface area contributed by atoms with Crippen molar-refractivity contribution in [1.29, 1.82) is 0 Å². The second kappa shape index (κ2) is 6.95. The summed E-state index contributed by atoms with van der Waals surface area (Å²) < 4.78 is 2.35. The van der Waals surface area contributed by atoms with E-state index in [-0.39, 0.29) is 6.04 Å². The molecule has 1 atom stereocenters. The maximum Gasteiger partial charge on any atom is 0.0948 e. The molecular weight excluding hydrogens is 258 g/mol. The fourth-order valence-corrected chi connectivity index (χ4v) is 4.18. The van der Waals surface area contributed by atoms with Gasteiger partial charge in [-0.25, -0.2) is 4.98 Å². The van der Waals surface area contributed by atoms with Gasteiger partial charge in [0.25, 0.3) is 0 Å². The van der Waals surface area contributed by atoms with Crippen molar-refractivity contribution < 1.29 is 0 Å². The number of aromatic nitrogens is 2. The third-order valence-electron chi connectivity index (χ3n) is 4.86. The summed E-state index contributed by atoms with van der Waals surface area (Å²) in [4.78, 5) is 4.39. The maximum atomic E-state index is 6.40. The van der Waals surface area contributed by atoms with E-state index in [9.17, 15) is 0 Å². The Kier molecular flexibility index (Phi) is 5.48. The summed E-state index contributed by atoms with van der Waals surface area (Å²) in [6.07, 6.45) is 11.8. The van der Waals surface area contributed by atoms with E-state index >= 15 is 0 Å². The SMILES string of the molecule is CC(C)CC(N)c1cncn1CC1(CC(C)C)CCCC1. The number of nitrogens with two attached hydrogens (primary N) is 1. The van der Waals surface area contributed by atoms with Gasteiger partial charge < -0.3 is 10.3 Å². The van der Waals surface area contributed by atoms with E-state index in [2.05, 4.69) is 37.2 Å². The minimum Gasteiger partial charge on any atom is -0.333 e. The molecular formula is C18H33N3. The Labute approximate surface area is 130 Å². The van der Waals surface area contributed by atoms with Gasteiger partial charge in [0.15, 0.2) is 0 Å². The van der Waals surface area contributed by atoms with E-state index in [0.29, 0.717) is 11.3 Å². The Morgan fingerprint density at radius 2 is 1.86 bits per heavy atom. The normalized spacial score (nSPS) is 19.6. The lowest BCUT2D eigenvalue weighted by molar-refractivity contribution is 0.194. The number of hydrogen-bond acceptors (Lipinski definition) is 2. The Hall–Kier alpha value is -0.830. The minimum atomic E-state index is 0.116. The van der Waals surface area contributed by atoms with Crippen molar-refractivity contribution in [3.8, 4) is 0 Å². The van der Waals surface area contributed by atoms with Gasteiger partial charge in [-0.1, -0.05) is 40.5 Å². The van der Waals surface area contributed by atoms with Crippen LogP contribution in [-0.4, -0.2) is 9.55 Å². The van der Waals surface area contributed by atoms with Crippen LogP contribution in [0.5, 0.6) is 0 Å². The molecule has 21 heavy (non-hydrogen) atoms. The third kappa shape index (κ3) is 4.32. The van der Waals surface area contributed by atoms with Crippen LogP contribution in [0.15, 0.2) is 12.5 Å². The molecule has 1 aromatic heterocycles. The zero-order valence-electron chi connectivity index (χ0n) is 14.3. The molecule has 1 fully saturated rings. The summed E-state index contributed by atoms with van der Waals surface area (Å²) in [5.41, 5.74) is 8.09. The number of nitrogens with zero attached hydrogens (tertiary/aromatic N) is 2. The Morgan fingerprint density at radius 3 is 2.43 bits per heavy atom. The maximum absolute atomic E-state index is 6.40. The highest BCUT2D eigenvalue weighted by atomic mass is 15.1. The molecule has 0 saturated heterocycles. The third-order valence-corrected chi connectivity index (χ3v) is 4.86. The van der Waals surface area contributed by atoms with E-state index in [1.54, 1.807) is 0 Å². The van der Waals surface area contributed by atoms with E-state index in [1.807, 2.05) is 12.5 Å². The van der Waals surface area contributed by atoms with Gasteiger partial charge in [0.2, 0.25) is 0 Å². The van der Waals surface area contributed by atoms with Crippen LogP contribution in [0.25, 0.3) is 0 Å². The second-order valence-electron chi connectivity index (χ2n) is 7.99. The topological polar surface area (TPSA) is 43.8 Å². The van der Waals surface area contributed by atoms with Gasteiger partial charge in [-0.3, -0.25) is 0 Å². The molecule has 2 rings (SSSR count). The van der Waals surface area contributed by atoms with Gasteiger partial charge in [-0.05, 0) is 42.9 Å². The average Bonchev–Trinajstić information content (AvgIpc) is 2.97. The summed E-state index contributed by atoms with van der Waals surface area (Å²) in [6.45, 7) is 10.3. The largest absolute Gasteiger partial charge is 0.333 e. The van der Waals surface area contributed by atoms with Crippen molar-refractivity contribution in [2.45, 2.75) is 78.8 Å². The molecule has 0 bridgehead atoms. The highest BCUT2D eigenvalue weighted by Crippen LogP contribution is 2.44. The lowest BCUT2D eigenvalue weighted by atomic mass is 9.78. The van der Waals surface area contributed by atoms with Crippen LogP contribution in [0.1, 0.15) is 78.0 Å². The smallest absolute Gasteiger partial charge is 0.0948 e. The Morgan fingerprint density at radius 1 is 1.19 bits per heavy atom. The predicted octanol–water partition coefficient (Wildman–Crippen LogP) is 4.54. The van der Waals surface area contributed by atoms with Crippen LogP contribution in [0, 0.1) is 17.3 Å². The van der Waals surface area contributed by atoms with Crippen molar-refractivity contribution in [2.24, 2.45) is 23.0 Å². The van der Waals surface area contributed by atoms with Crippen molar-refractivity contribution in [1.82, 2.24) is 9.55 Å². The van der Waals surface area contributed by atoms with Gasteiger partial charge in [-0.2, -0.15) is 0 Å². The lowest BCUT2D eigenvalue weighted by Crippen LogP contribution is -2.28. The summed E-state index contributed by atoms with van der Waals surface area (Å²) in [5.74, 6) is 1.39. The molecule has 0 amide bonds. The first-order valence-corrected chi connectivity index (χ1v) is 8.67. The van der Waals surface area contributed by atoms with E-state index in [1.165, 1.54) is 37.8 Å². The molecule has 0 aromatic carbocycles. The van der Waals surface area contributed by atoms with Crippen LogP contribution >= 0.6 is 0 Å². The molecule has 3 nitrogen and oxygen atoms in total. The van der Waals surface area contributed by atoms with E-state index < -0.39 is 0 Å². The van der Waals surface area contributed by atoms with Crippen LogP contribution in [0.2, 0.25) is 0 Å². The first-order chi connectivity index (χ1) is 9.92. The molecule has 0 aliphatic heterocycles. The second-order valence-corrected chi connectivity index (χ2v) is 7.99. The standard InChI is InChI=1S/C18H33N3/c1-14(2)9-16(19)17-11-20-13-21(17)12-18(10-15(3)4)7-5-6-8-18/h11,13-16H,5-10,12,19H2,1-4H3. The molecule has 1 aliphatic rings. The Bertz CT molecular complexity index is 427. The fourth-order valence-electron chi connectivity index (χ4n) is 4.18. The highest BCUT2D eigenvalue weighted by Gasteiger charge is 2.35. The van der Waals surface area contributed by atoms with Crippen molar-refractivity contribution >= 4 is 0 Å². The van der Waals surface area contributed by atoms with E-state index in [4.69, 9.17) is 5.73 Å². The molecule has 1 aliphatic carbocycles. The van der Waals surface area contributed by atoms with Crippen LogP contribution in [0.4, 0.5) is 0 Å². The zero-order chi connectivity index (χ0) is 15.5. The molecule has 1 unspecified atom stereocenters. The number of rotatable bonds is 7. The first kappa shape index (κ1) is 16.5. The molecule has 1 heterocycles. The van der Waals surface area contributed by atoms with Crippen molar-refractivity contribution in [3.63, 3.8) is 0 Å². The monoisotopic (exact) mass is 291 g/mol. The molecule has 0 radical (unpaired) electrons. The minimum absolute atomic E-state index is 0.116. The van der Waals surface area contributed by atoms with Crippen molar-refractivity contribution in [2.75, 3.05) is 0 Å². The van der Waals surface area contributed by atoms with Gasteiger partial charge in [0, 0.05) is 18.8 Å². The van der Waals surface area contributed by atoms with Gasteiger partial charge in [-0.15, -0.1) is 0 Å². The Balaban J connectivity index is 2.13. The summed E-state index contributed by atoms with van der Waals surface area (Å²) in [6, 6.07) is 0.116. The first-order valence-electron chi connectivity index (χ1n) is 8.67. The molecule has 0 spiro atoms. The molecule has 1 aromatic rings. The summed E-state index contributed by atoms with van der Waals surface area (Å²) >= 11 is 0. The van der Waals surface area contributed by atoms with E-state index in [0.717, 1.165) is 18.9 Å². The summed E-state index contributed by atoms with van der Waals surface area (Å²) in [5, 5.41) is 0. The molecule has 120 valence electrons. The molecule has 1 saturated carbocycles. The quantitative estimate of drug-likeness (QED) is 0.801. The van der Waals surface area contributed by atoms with Gasteiger partial charge >= 0.3 is 0 Å². The zero-order valence-corrected chi connectivity index (χ0v) is 14.3. The number of hydrogen-bond donors (Lipinski definition) is 1. The van der Waals surface area contributed by atoms with Crippen LogP contribution in [0.3, 0.4) is 0 Å². The van der Waals surface area contributed by atoms with Gasteiger partial charge in [0.1, 0.15) is 0 Å². The summed E-state index contributed by atoms with van der Waals surface area (Å²) in [7, 11) is 0. The predicted molar refractivity (Wildman–Crippen MR) is 89.0 cm³/mol. The fraction of sp³-hybridized carbons (Fsp3) is 0.833. The van der Waals surface area contributed by atoms with Crippen molar-refractivity contribution in [3.05, 3.63) is 18.2 Å². The highest BCUT2D eigenvalue weighted by molar-refractivity contribution is 5.06. The van der Waals surface area contributed by atoms with Crippen LogP contribution in [-0.2, 0) is 6.54 Å². The molecule has 3 heteroatoms. The lowest BCUT2D eigenvalue weighted by Gasteiger charge is -2.32. The van der Waals surface area contributed by atoms with Crippen LogP contribution < -0.4 is 5.73 Å². The number of imidazole rings is 1. The average molecular weight is 291 g/mol. The molecule has 2 N–H and O–H groups in total.